The number of hydrogen-bond donors (Lipinski definition) is 0. The first-order valence-corrected chi connectivity index (χ1v) is 7.62. The summed E-state index contributed by atoms with van der Waals surface area (Å²) in [5.41, 5.74) is -0.345. The first-order valence-electron chi connectivity index (χ1n) is 6.16. The van der Waals surface area contributed by atoms with E-state index in [-0.39, 0.29) is 19.8 Å². The Bertz CT molecular complexity index is 508. The number of nitrogens with zero attached hydrogens (tertiary/aromatic N) is 1. The van der Waals surface area contributed by atoms with Crippen LogP contribution < -0.4 is 0 Å². The number of rotatable bonds is 5. The normalized spacial score (nSPS) is 30.1. The molecule has 1 aliphatic rings. The number of benzene rings is 1. The Balaban J connectivity index is 1.82. The summed E-state index contributed by atoms with van der Waals surface area (Å²) in [6.45, 7) is 0.960. The Labute approximate surface area is 116 Å². The smallest absolute Gasteiger partial charge is 0.287 e. The van der Waals surface area contributed by atoms with Crippen LogP contribution in [0, 0.1) is 10.1 Å². The molecule has 20 heavy (non-hydrogen) atoms. The van der Waals surface area contributed by atoms with E-state index in [0.717, 1.165) is 5.56 Å². The number of nitro groups is 1. The molecule has 1 fully saturated rings. The van der Waals surface area contributed by atoms with Crippen LogP contribution in [0.3, 0.4) is 0 Å². The van der Waals surface area contributed by atoms with E-state index < -0.39 is 18.3 Å². The maximum atomic E-state index is 12.0. The van der Waals surface area contributed by atoms with Crippen LogP contribution in [0.5, 0.6) is 0 Å². The zero-order valence-electron chi connectivity index (χ0n) is 11.1. The maximum Gasteiger partial charge on any atom is 0.475 e. The number of phosphoric acid groups is 1. The van der Waals surface area contributed by atoms with Crippen LogP contribution in [0.2, 0.25) is 0 Å². The molecule has 1 saturated heterocycles. The van der Waals surface area contributed by atoms with Crippen LogP contribution in [-0.4, -0.2) is 30.3 Å². The van der Waals surface area contributed by atoms with Gasteiger partial charge >= 0.3 is 7.82 Å². The van der Waals surface area contributed by atoms with Crippen molar-refractivity contribution in [2.24, 2.45) is 0 Å². The highest BCUT2D eigenvalue weighted by Gasteiger charge is 2.48. The molecule has 2 rings (SSSR count). The Kier molecular flexibility index (Phi) is 4.55. The Morgan fingerprint density at radius 1 is 1.35 bits per heavy atom. The monoisotopic (exact) mass is 301 g/mol. The summed E-state index contributed by atoms with van der Waals surface area (Å²) < 4.78 is 27.1. The highest BCUT2D eigenvalue weighted by molar-refractivity contribution is 7.48. The van der Waals surface area contributed by atoms with Crippen LogP contribution >= 0.6 is 7.82 Å². The average Bonchev–Trinajstić information content (AvgIpc) is 2.44. The highest BCUT2D eigenvalue weighted by atomic mass is 31.2. The lowest BCUT2D eigenvalue weighted by atomic mass is 10.1. The first-order chi connectivity index (χ1) is 9.44. The number of phosphoric ester groups is 1. The van der Waals surface area contributed by atoms with E-state index in [1.165, 1.54) is 6.92 Å². The SMILES string of the molecule is CC1([N+](=O)[O-])COP(=O)(OCCc2ccccc2)OC1. The second-order valence-corrected chi connectivity index (χ2v) is 6.49. The van der Waals surface area contributed by atoms with Crippen LogP contribution in [0.4, 0.5) is 0 Å². The zero-order valence-corrected chi connectivity index (χ0v) is 12.0. The second-order valence-electron chi connectivity index (χ2n) is 4.82. The fraction of sp³-hybridized carbons (Fsp3) is 0.500. The van der Waals surface area contributed by atoms with E-state index in [4.69, 9.17) is 13.6 Å². The van der Waals surface area contributed by atoms with Gasteiger partial charge in [0, 0.05) is 11.8 Å². The molecule has 0 radical (unpaired) electrons. The van der Waals surface area contributed by atoms with E-state index in [1.807, 2.05) is 30.3 Å². The van der Waals surface area contributed by atoms with Gasteiger partial charge in [0.05, 0.1) is 6.61 Å². The van der Waals surface area contributed by atoms with Gasteiger partial charge in [-0.1, -0.05) is 30.3 Å². The lowest BCUT2D eigenvalue weighted by Crippen LogP contribution is -2.46. The first kappa shape index (κ1) is 15.1. The van der Waals surface area contributed by atoms with Crippen molar-refractivity contribution in [3.05, 3.63) is 46.0 Å². The molecule has 8 heteroatoms. The molecule has 1 aromatic rings. The van der Waals surface area contributed by atoms with Crippen molar-refractivity contribution in [3.8, 4) is 0 Å². The van der Waals surface area contributed by atoms with Gasteiger partial charge in [0.25, 0.3) is 5.54 Å². The molecule has 7 nitrogen and oxygen atoms in total. The van der Waals surface area contributed by atoms with Gasteiger partial charge in [-0.2, -0.15) is 0 Å². The van der Waals surface area contributed by atoms with Crippen molar-refractivity contribution in [2.45, 2.75) is 18.9 Å². The summed E-state index contributed by atoms with van der Waals surface area (Å²) in [5.74, 6) is 0. The topological polar surface area (TPSA) is 87.9 Å². The molecular weight excluding hydrogens is 285 g/mol. The average molecular weight is 301 g/mol. The molecule has 1 aromatic carbocycles. The zero-order chi connectivity index (χ0) is 14.6. The molecule has 0 N–H and O–H groups in total. The van der Waals surface area contributed by atoms with Crippen molar-refractivity contribution < 1.29 is 23.1 Å². The Morgan fingerprint density at radius 2 is 1.95 bits per heavy atom. The van der Waals surface area contributed by atoms with Gasteiger partial charge in [-0.15, -0.1) is 0 Å². The minimum absolute atomic E-state index is 0.163. The largest absolute Gasteiger partial charge is 0.475 e. The van der Waals surface area contributed by atoms with Gasteiger partial charge < -0.3 is 0 Å². The van der Waals surface area contributed by atoms with Crippen molar-refractivity contribution in [2.75, 3.05) is 19.8 Å². The minimum atomic E-state index is -3.67. The van der Waals surface area contributed by atoms with E-state index in [9.17, 15) is 14.7 Å². The van der Waals surface area contributed by atoms with Gasteiger partial charge in [-0.05, 0) is 12.0 Å². The third-order valence-electron chi connectivity index (χ3n) is 2.99. The lowest BCUT2D eigenvalue weighted by molar-refractivity contribution is -0.573. The van der Waals surface area contributed by atoms with Crippen LogP contribution in [0.1, 0.15) is 12.5 Å². The third kappa shape index (κ3) is 3.64. The molecule has 0 aromatic heterocycles. The Morgan fingerprint density at radius 3 is 2.50 bits per heavy atom. The fourth-order valence-electron chi connectivity index (χ4n) is 1.62. The Hall–Kier alpha value is -1.27. The number of hydrogen-bond acceptors (Lipinski definition) is 6. The maximum absolute atomic E-state index is 12.0. The quantitative estimate of drug-likeness (QED) is 0.471. The molecule has 0 unspecified atom stereocenters. The van der Waals surface area contributed by atoms with Crippen LogP contribution in [0.15, 0.2) is 30.3 Å². The minimum Gasteiger partial charge on any atom is -0.287 e. The third-order valence-corrected chi connectivity index (χ3v) is 4.38. The predicted molar refractivity (Wildman–Crippen MR) is 71.0 cm³/mol. The lowest BCUT2D eigenvalue weighted by Gasteiger charge is -2.29. The second kappa shape index (κ2) is 6.01. The molecule has 0 saturated carbocycles. The van der Waals surface area contributed by atoms with Gasteiger partial charge in [0.15, 0.2) is 0 Å². The van der Waals surface area contributed by atoms with E-state index >= 15 is 0 Å². The molecule has 0 spiro atoms. The van der Waals surface area contributed by atoms with Crippen molar-refractivity contribution >= 4 is 7.82 Å². The molecule has 1 aliphatic heterocycles. The molecule has 0 atom stereocenters. The summed E-state index contributed by atoms with van der Waals surface area (Å²) in [4.78, 5) is 10.3. The van der Waals surface area contributed by atoms with Crippen molar-refractivity contribution in [3.63, 3.8) is 0 Å². The van der Waals surface area contributed by atoms with Gasteiger partial charge in [0.1, 0.15) is 13.2 Å². The summed E-state index contributed by atoms with van der Waals surface area (Å²) in [7, 11) is -3.67. The van der Waals surface area contributed by atoms with Gasteiger partial charge in [0.2, 0.25) is 0 Å². The van der Waals surface area contributed by atoms with Crippen molar-refractivity contribution in [1.82, 2.24) is 0 Å². The van der Waals surface area contributed by atoms with E-state index in [0.29, 0.717) is 6.42 Å². The highest BCUT2D eigenvalue weighted by Crippen LogP contribution is 2.53. The predicted octanol–water partition coefficient (Wildman–Crippen LogP) is 2.44. The van der Waals surface area contributed by atoms with E-state index in [2.05, 4.69) is 0 Å². The summed E-state index contributed by atoms with van der Waals surface area (Å²) in [6, 6.07) is 9.54. The summed E-state index contributed by atoms with van der Waals surface area (Å²) in [5, 5.41) is 10.8. The van der Waals surface area contributed by atoms with Crippen LogP contribution in [0.25, 0.3) is 0 Å². The standard InChI is InChI=1S/C12H16NO6P/c1-12(13(14)15)9-18-20(16,19-10-12)17-8-7-11-5-3-2-4-6-11/h2-6H,7-10H2,1H3. The molecule has 0 bridgehead atoms. The fourth-order valence-corrected chi connectivity index (χ4v) is 3.03. The molecular formula is C12H16NO6P. The molecule has 1 heterocycles. The molecule has 0 amide bonds. The molecule has 110 valence electrons. The van der Waals surface area contributed by atoms with Gasteiger partial charge in [-0.25, -0.2) is 4.57 Å². The van der Waals surface area contributed by atoms with E-state index in [1.54, 1.807) is 0 Å². The van der Waals surface area contributed by atoms with Crippen molar-refractivity contribution in [1.29, 1.82) is 0 Å². The summed E-state index contributed by atoms with van der Waals surface area (Å²) in [6.07, 6.45) is 0.560. The van der Waals surface area contributed by atoms with Crippen LogP contribution in [-0.2, 0) is 24.6 Å². The van der Waals surface area contributed by atoms with Gasteiger partial charge in [-0.3, -0.25) is 23.7 Å². The molecule has 0 aliphatic carbocycles. The summed E-state index contributed by atoms with van der Waals surface area (Å²) >= 11 is 0.